The summed E-state index contributed by atoms with van der Waals surface area (Å²) in [7, 11) is 0. The fourth-order valence-electron chi connectivity index (χ4n) is 9.45. The van der Waals surface area contributed by atoms with Crippen molar-refractivity contribution in [2.24, 2.45) is 39.4 Å². The molecule has 2 fully saturated rings. The first kappa shape index (κ1) is 25.5. The van der Waals surface area contributed by atoms with E-state index >= 15 is 0 Å². The van der Waals surface area contributed by atoms with Gasteiger partial charge in [-0.25, -0.2) is 0 Å². The molecular weight excluding hydrogens is 408 g/mol. The van der Waals surface area contributed by atoms with Gasteiger partial charge in [-0.15, -0.1) is 0 Å². The van der Waals surface area contributed by atoms with Crippen molar-refractivity contribution in [1.82, 2.24) is 0 Å². The van der Waals surface area contributed by atoms with Crippen molar-refractivity contribution < 1.29 is 15.3 Å². The fourth-order valence-corrected chi connectivity index (χ4v) is 9.45. The van der Waals surface area contributed by atoms with Gasteiger partial charge in [-0.3, -0.25) is 0 Å². The van der Waals surface area contributed by atoms with E-state index < -0.39 is 6.10 Å². The molecule has 188 valence electrons. The first-order valence-corrected chi connectivity index (χ1v) is 13.7. The Morgan fingerprint density at radius 1 is 0.970 bits per heavy atom. The average Bonchev–Trinajstić information content (AvgIpc) is 3.02. The van der Waals surface area contributed by atoms with Gasteiger partial charge in [0, 0.05) is 12.5 Å². The van der Waals surface area contributed by atoms with Gasteiger partial charge in [-0.05, 0) is 105 Å². The molecule has 0 saturated heterocycles. The predicted octanol–water partition coefficient (Wildman–Crippen LogP) is 6.42. The minimum atomic E-state index is -0.474. The van der Waals surface area contributed by atoms with Crippen molar-refractivity contribution in [3.05, 3.63) is 22.8 Å². The standard InChI is InChI=1S/C30H50O3/c1-19(2)8-10-24(32)20(18-31)21-12-16-30(7)23-9-11-25-27(3,4)26(33)14-15-28(25,5)22(23)13-17-29(21,30)6/h8,20-21,24-26,31-33H,9-18H2,1-7H3/t20-,21+,24+,25-,26-,28+,29+,30-/m0/s1. The fraction of sp³-hybridized carbons (Fsp3) is 0.867. The third kappa shape index (κ3) is 3.62. The second-order valence-electron chi connectivity index (χ2n) is 13.7. The maximum Gasteiger partial charge on any atom is 0.0627 e. The average molecular weight is 459 g/mol. The van der Waals surface area contributed by atoms with E-state index in [0.717, 1.165) is 38.5 Å². The monoisotopic (exact) mass is 458 g/mol. The third-order valence-electron chi connectivity index (χ3n) is 11.8. The van der Waals surface area contributed by atoms with Gasteiger partial charge in [0.2, 0.25) is 0 Å². The van der Waals surface area contributed by atoms with Crippen molar-refractivity contribution >= 4 is 0 Å². The molecule has 33 heavy (non-hydrogen) atoms. The summed E-state index contributed by atoms with van der Waals surface area (Å²) in [6, 6.07) is 0. The Labute approximate surface area is 202 Å². The lowest BCUT2D eigenvalue weighted by molar-refractivity contribution is -0.0979. The Kier molecular flexibility index (Phi) is 6.55. The minimum absolute atomic E-state index is 0.0254. The molecule has 0 amide bonds. The lowest BCUT2D eigenvalue weighted by atomic mass is 9.43. The molecule has 0 aromatic carbocycles. The molecule has 0 radical (unpaired) electrons. The van der Waals surface area contributed by atoms with Crippen LogP contribution >= 0.6 is 0 Å². The normalized spacial score (nSPS) is 43.9. The number of hydrogen-bond donors (Lipinski definition) is 3. The Bertz CT molecular complexity index is 820. The number of hydrogen-bond acceptors (Lipinski definition) is 3. The zero-order chi connectivity index (χ0) is 24.4. The Balaban J connectivity index is 1.68. The highest BCUT2D eigenvalue weighted by Gasteiger charge is 2.63. The van der Waals surface area contributed by atoms with Crippen LogP contribution in [-0.2, 0) is 0 Å². The van der Waals surface area contributed by atoms with Crippen LogP contribution in [-0.4, -0.2) is 34.1 Å². The Morgan fingerprint density at radius 3 is 2.30 bits per heavy atom. The van der Waals surface area contributed by atoms with Crippen molar-refractivity contribution in [3.8, 4) is 0 Å². The molecule has 4 aliphatic carbocycles. The van der Waals surface area contributed by atoms with Gasteiger partial charge in [0.05, 0.1) is 12.2 Å². The second-order valence-corrected chi connectivity index (χ2v) is 13.7. The molecule has 0 aliphatic heterocycles. The molecule has 3 heteroatoms. The Hall–Kier alpha value is -0.640. The zero-order valence-electron chi connectivity index (χ0n) is 22.4. The molecule has 3 nitrogen and oxygen atoms in total. The van der Waals surface area contributed by atoms with Crippen LogP contribution in [0, 0.1) is 39.4 Å². The van der Waals surface area contributed by atoms with Crippen molar-refractivity contribution in [2.45, 2.75) is 118 Å². The maximum atomic E-state index is 11.1. The second kappa shape index (κ2) is 8.49. The smallest absolute Gasteiger partial charge is 0.0627 e. The molecule has 0 aromatic rings. The van der Waals surface area contributed by atoms with E-state index in [1.807, 2.05) is 0 Å². The van der Waals surface area contributed by atoms with Gasteiger partial charge in [-0.2, -0.15) is 0 Å². The molecule has 0 aromatic heterocycles. The lowest BCUT2D eigenvalue weighted by Crippen LogP contribution is -2.55. The molecular formula is C30H50O3. The van der Waals surface area contributed by atoms with Crippen LogP contribution in [0.5, 0.6) is 0 Å². The van der Waals surface area contributed by atoms with Crippen LogP contribution in [0.3, 0.4) is 0 Å². The predicted molar refractivity (Wildman–Crippen MR) is 136 cm³/mol. The summed E-state index contributed by atoms with van der Waals surface area (Å²) in [4.78, 5) is 0. The van der Waals surface area contributed by atoms with Crippen LogP contribution in [0.15, 0.2) is 22.8 Å². The lowest BCUT2D eigenvalue weighted by Gasteiger charge is -2.62. The van der Waals surface area contributed by atoms with Crippen LogP contribution < -0.4 is 0 Å². The summed E-state index contributed by atoms with van der Waals surface area (Å²) in [5.74, 6) is 0.858. The summed E-state index contributed by atoms with van der Waals surface area (Å²) in [5, 5.41) is 32.3. The number of fused-ring (bicyclic) bond motifs is 4. The highest BCUT2D eigenvalue weighted by Crippen LogP contribution is 2.72. The van der Waals surface area contributed by atoms with E-state index in [9.17, 15) is 15.3 Å². The molecule has 4 rings (SSSR count). The molecule has 3 N–H and O–H groups in total. The van der Waals surface area contributed by atoms with Crippen molar-refractivity contribution in [1.29, 1.82) is 0 Å². The largest absolute Gasteiger partial charge is 0.396 e. The number of aliphatic hydroxyl groups excluding tert-OH is 3. The van der Waals surface area contributed by atoms with E-state index in [1.54, 1.807) is 11.1 Å². The minimum Gasteiger partial charge on any atom is -0.396 e. The van der Waals surface area contributed by atoms with Gasteiger partial charge < -0.3 is 15.3 Å². The Morgan fingerprint density at radius 2 is 1.67 bits per heavy atom. The van der Waals surface area contributed by atoms with Gasteiger partial charge in [0.15, 0.2) is 0 Å². The highest BCUT2D eigenvalue weighted by molar-refractivity contribution is 5.38. The first-order chi connectivity index (χ1) is 15.3. The number of rotatable bonds is 5. The molecule has 0 bridgehead atoms. The molecule has 8 atom stereocenters. The third-order valence-corrected chi connectivity index (χ3v) is 11.8. The quantitative estimate of drug-likeness (QED) is 0.416. The van der Waals surface area contributed by atoms with Crippen LogP contribution in [0.25, 0.3) is 0 Å². The first-order valence-electron chi connectivity index (χ1n) is 13.7. The van der Waals surface area contributed by atoms with Gasteiger partial charge in [-0.1, -0.05) is 57.4 Å². The molecule has 0 heterocycles. The summed E-state index contributed by atoms with van der Waals surface area (Å²) in [6.07, 6.45) is 11.0. The molecule has 0 spiro atoms. The summed E-state index contributed by atoms with van der Waals surface area (Å²) < 4.78 is 0. The van der Waals surface area contributed by atoms with Gasteiger partial charge in [0.1, 0.15) is 0 Å². The molecule has 4 aliphatic rings. The summed E-state index contributed by atoms with van der Waals surface area (Å²) >= 11 is 0. The van der Waals surface area contributed by atoms with E-state index in [1.165, 1.54) is 18.4 Å². The topological polar surface area (TPSA) is 60.7 Å². The van der Waals surface area contributed by atoms with Gasteiger partial charge >= 0.3 is 0 Å². The van der Waals surface area contributed by atoms with Crippen molar-refractivity contribution in [2.75, 3.05) is 6.61 Å². The number of aliphatic hydroxyl groups is 3. The van der Waals surface area contributed by atoms with E-state index in [2.05, 4.69) is 54.5 Å². The highest BCUT2D eigenvalue weighted by atomic mass is 16.3. The SMILES string of the molecule is CC(C)=CC[C@@H](O)[C@@H](CO)[C@H]1CC[C@@]2(C)C3=C(CC[C@]12C)[C@@]1(C)CC[C@H](O)C(C)(C)[C@@H]1CC3. The molecule has 2 saturated carbocycles. The summed E-state index contributed by atoms with van der Waals surface area (Å²) in [6.45, 7) is 16.3. The maximum absolute atomic E-state index is 11.1. The number of allylic oxidation sites excluding steroid dienone is 3. The van der Waals surface area contributed by atoms with Crippen LogP contribution in [0.2, 0.25) is 0 Å². The van der Waals surface area contributed by atoms with Crippen LogP contribution in [0.4, 0.5) is 0 Å². The zero-order valence-corrected chi connectivity index (χ0v) is 22.4. The van der Waals surface area contributed by atoms with Crippen molar-refractivity contribution in [3.63, 3.8) is 0 Å². The van der Waals surface area contributed by atoms with Gasteiger partial charge in [0.25, 0.3) is 0 Å². The van der Waals surface area contributed by atoms with E-state index in [0.29, 0.717) is 18.3 Å². The van der Waals surface area contributed by atoms with Crippen LogP contribution in [0.1, 0.15) is 106 Å². The van der Waals surface area contributed by atoms with E-state index in [4.69, 9.17) is 0 Å². The molecule has 0 unspecified atom stereocenters. The summed E-state index contributed by atoms with van der Waals surface area (Å²) in [5.41, 5.74) is 5.14. The van der Waals surface area contributed by atoms with E-state index in [-0.39, 0.29) is 40.3 Å².